The molecule has 0 bridgehead atoms. The molecule has 1 aliphatic rings. The van der Waals surface area contributed by atoms with Gasteiger partial charge in [-0.1, -0.05) is 12.1 Å². The minimum atomic E-state index is -0.0570. The second kappa shape index (κ2) is 5.61. The van der Waals surface area contributed by atoms with Crippen molar-refractivity contribution in [1.29, 1.82) is 0 Å². The molecule has 0 atom stereocenters. The highest BCUT2D eigenvalue weighted by Gasteiger charge is 2.26. The number of hydrogen-bond acceptors (Lipinski definition) is 3. The highest BCUT2D eigenvalue weighted by atomic mass is 16.3. The fourth-order valence-corrected chi connectivity index (χ4v) is 2.59. The summed E-state index contributed by atoms with van der Waals surface area (Å²) in [5.41, 5.74) is 1.16. The van der Waals surface area contributed by atoms with E-state index in [1.54, 1.807) is 6.07 Å². The highest BCUT2D eigenvalue weighted by Crippen LogP contribution is 2.24. The standard InChI is InChI=1S/C15H22N2O2/c1-11-5-4-6-13(14(11)18)15(19)17-9-7-12(8-10-17)16(2)3/h4-6,12,18H,7-10H2,1-3H3. The van der Waals surface area contributed by atoms with Crippen LogP contribution in [0.15, 0.2) is 18.2 Å². The number of rotatable bonds is 2. The van der Waals surface area contributed by atoms with Gasteiger partial charge in [-0.2, -0.15) is 0 Å². The van der Waals surface area contributed by atoms with E-state index < -0.39 is 0 Å². The summed E-state index contributed by atoms with van der Waals surface area (Å²) in [7, 11) is 4.16. The molecule has 0 unspecified atom stereocenters. The summed E-state index contributed by atoms with van der Waals surface area (Å²) in [6, 6.07) is 5.87. The van der Waals surface area contributed by atoms with Gasteiger partial charge in [0.2, 0.25) is 0 Å². The molecule has 1 aromatic rings. The van der Waals surface area contributed by atoms with E-state index >= 15 is 0 Å². The predicted octanol–water partition coefficient (Wildman–Crippen LogP) is 1.87. The summed E-state index contributed by atoms with van der Waals surface area (Å²) in [5.74, 6) is 0.0561. The number of para-hydroxylation sites is 1. The molecule has 1 amide bonds. The molecule has 0 saturated carbocycles. The van der Waals surface area contributed by atoms with E-state index in [9.17, 15) is 9.90 Å². The number of hydrogen-bond donors (Lipinski definition) is 1. The first-order valence-electron chi connectivity index (χ1n) is 6.75. The summed E-state index contributed by atoms with van der Waals surface area (Å²) in [4.78, 5) is 16.5. The van der Waals surface area contributed by atoms with E-state index in [1.165, 1.54) is 0 Å². The number of phenolic OH excluding ortho intramolecular Hbond substituents is 1. The molecule has 19 heavy (non-hydrogen) atoms. The topological polar surface area (TPSA) is 43.8 Å². The van der Waals surface area contributed by atoms with Crippen LogP contribution in [-0.2, 0) is 0 Å². The molecule has 1 heterocycles. The Kier molecular flexibility index (Phi) is 4.10. The lowest BCUT2D eigenvalue weighted by Crippen LogP contribution is -2.44. The van der Waals surface area contributed by atoms with Crippen molar-refractivity contribution in [1.82, 2.24) is 9.80 Å². The molecule has 1 N–H and O–H groups in total. The predicted molar refractivity (Wildman–Crippen MR) is 75.5 cm³/mol. The maximum Gasteiger partial charge on any atom is 0.257 e. The van der Waals surface area contributed by atoms with Crippen molar-refractivity contribution < 1.29 is 9.90 Å². The first-order valence-corrected chi connectivity index (χ1v) is 6.75. The Balaban J connectivity index is 2.07. The molecule has 1 aromatic carbocycles. The van der Waals surface area contributed by atoms with Gasteiger partial charge in [-0.25, -0.2) is 0 Å². The van der Waals surface area contributed by atoms with Gasteiger partial charge >= 0.3 is 0 Å². The molecule has 0 radical (unpaired) electrons. The summed E-state index contributed by atoms with van der Waals surface area (Å²) in [5, 5.41) is 9.98. The first kappa shape index (κ1) is 13.9. The lowest BCUT2D eigenvalue weighted by molar-refractivity contribution is 0.0660. The number of likely N-dealkylation sites (tertiary alicyclic amines) is 1. The summed E-state index contributed by atoms with van der Waals surface area (Å²) < 4.78 is 0. The zero-order chi connectivity index (χ0) is 14.0. The number of piperidine rings is 1. The van der Waals surface area contributed by atoms with E-state index in [0.717, 1.165) is 31.5 Å². The molecule has 0 aliphatic carbocycles. The van der Waals surface area contributed by atoms with Crippen LogP contribution in [0, 0.1) is 6.92 Å². The normalized spacial score (nSPS) is 16.9. The van der Waals surface area contributed by atoms with Gasteiger partial charge < -0.3 is 14.9 Å². The van der Waals surface area contributed by atoms with Crippen molar-refractivity contribution in [2.45, 2.75) is 25.8 Å². The quantitative estimate of drug-likeness (QED) is 0.885. The number of benzene rings is 1. The first-order chi connectivity index (χ1) is 9.00. The van der Waals surface area contributed by atoms with Gasteiger partial charge in [0.1, 0.15) is 5.75 Å². The van der Waals surface area contributed by atoms with Gasteiger partial charge in [0.25, 0.3) is 5.91 Å². The van der Waals surface area contributed by atoms with Crippen molar-refractivity contribution in [3.05, 3.63) is 29.3 Å². The lowest BCUT2D eigenvalue weighted by Gasteiger charge is -2.35. The Bertz CT molecular complexity index is 463. The van der Waals surface area contributed by atoms with Crippen molar-refractivity contribution >= 4 is 5.91 Å². The van der Waals surface area contributed by atoms with Gasteiger partial charge in [-0.3, -0.25) is 4.79 Å². The minimum absolute atomic E-state index is 0.0570. The summed E-state index contributed by atoms with van der Waals surface area (Å²) in [6.07, 6.45) is 1.98. The summed E-state index contributed by atoms with van der Waals surface area (Å²) >= 11 is 0. The Morgan fingerprint density at radius 2 is 1.95 bits per heavy atom. The van der Waals surface area contributed by atoms with Gasteiger partial charge in [-0.15, -0.1) is 0 Å². The minimum Gasteiger partial charge on any atom is -0.507 e. The van der Waals surface area contributed by atoms with Crippen molar-refractivity contribution in [2.24, 2.45) is 0 Å². The van der Waals surface area contributed by atoms with E-state index in [4.69, 9.17) is 0 Å². The SMILES string of the molecule is Cc1cccc(C(=O)N2CCC(N(C)C)CC2)c1O. The van der Waals surface area contributed by atoms with Crippen LogP contribution in [0.1, 0.15) is 28.8 Å². The summed E-state index contributed by atoms with van der Waals surface area (Å²) in [6.45, 7) is 3.33. The molecule has 4 heteroatoms. The van der Waals surface area contributed by atoms with Crippen LogP contribution in [0.25, 0.3) is 0 Å². The van der Waals surface area contributed by atoms with Gasteiger partial charge in [-0.05, 0) is 45.5 Å². The largest absolute Gasteiger partial charge is 0.507 e. The third-order valence-corrected chi connectivity index (χ3v) is 3.95. The fraction of sp³-hybridized carbons (Fsp3) is 0.533. The second-order valence-corrected chi connectivity index (χ2v) is 5.46. The van der Waals surface area contributed by atoms with Crippen LogP contribution in [0.5, 0.6) is 5.75 Å². The zero-order valence-corrected chi connectivity index (χ0v) is 11.9. The molecule has 1 aliphatic heterocycles. The van der Waals surface area contributed by atoms with Crippen LogP contribution in [0.3, 0.4) is 0 Å². The molecule has 0 spiro atoms. The van der Waals surface area contributed by atoms with E-state index in [0.29, 0.717) is 11.6 Å². The van der Waals surface area contributed by atoms with Gasteiger partial charge in [0.15, 0.2) is 0 Å². The maximum atomic E-state index is 12.4. The fourth-order valence-electron chi connectivity index (χ4n) is 2.59. The van der Waals surface area contributed by atoms with E-state index in [-0.39, 0.29) is 11.7 Å². The molecule has 0 aromatic heterocycles. The molecule has 1 fully saturated rings. The highest BCUT2D eigenvalue weighted by molar-refractivity contribution is 5.97. The monoisotopic (exact) mass is 262 g/mol. The van der Waals surface area contributed by atoms with Crippen molar-refractivity contribution in [3.8, 4) is 5.75 Å². The number of aromatic hydroxyl groups is 1. The molecule has 4 nitrogen and oxygen atoms in total. The zero-order valence-electron chi connectivity index (χ0n) is 11.9. The van der Waals surface area contributed by atoms with Crippen molar-refractivity contribution in [3.63, 3.8) is 0 Å². The van der Waals surface area contributed by atoms with Crippen molar-refractivity contribution in [2.75, 3.05) is 27.2 Å². The number of aryl methyl sites for hydroxylation is 1. The van der Waals surface area contributed by atoms with E-state index in [1.807, 2.05) is 24.0 Å². The lowest BCUT2D eigenvalue weighted by atomic mass is 10.0. The van der Waals surface area contributed by atoms with Crippen LogP contribution < -0.4 is 0 Å². The maximum absolute atomic E-state index is 12.4. The number of carbonyl (C=O) groups is 1. The third-order valence-electron chi connectivity index (χ3n) is 3.95. The average Bonchev–Trinajstić information content (AvgIpc) is 2.41. The van der Waals surface area contributed by atoms with Crippen LogP contribution >= 0.6 is 0 Å². The number of nitrogens with zero attached hydrogens (tertiary/aromatic N) is 2. The second-order valence-electron chi connectivity index (χ2n) is 5.46. The van der Waals surface area contributed by atoms with E-state index in [2.05, 4.69) is 19.0 Å². The Morgan fingerprint density at radius 1 is 1.32 bits per heavy atom. The Morgan fingerprint density at radius 3 is 2.53 bits per heavy atom. The molecule has 1 saturated heterocycles. The van der Waals surface area contributed by atoms with Crippen LogP contribution in [0.2, 0.25) is 0 Å². The van der Waals surface area contributed by atoms with Gasteiger partial charge in [0, 0.05) is 19.1 Å². The number of amides is 1. The van der Waals surface area contributed by atoms with Crippen LogP contribution in [0.4, 0.5) is 0 Å². The third kappa shape index (κ3) is 2.89. The molecular formula is C15H22N2O2. The number of phenols is 1. The average molecular weight is 262 g/mol. The Labute approximate surface area is 114 Å². The van der Waals surface area contributed by atoms with Gasteiger partial charge in [0.05, 0.1) is 5.56 Å². The van der Waals surface area contributed by atoms with Crippen LogP contribution in [-0.4, -0.2) is 54.0 Å². The molecular weight excluding hydrogens is 240 g/mol. The molecule has 2 rings (SSSR count). The Hall–Kier alpha value is -1.55. The number of carbonyl (C=O) groups excluding carboxylic acids is 1. The smallest absolute Gasteiger partial charge is 0.257 e. The molecule has 104 valence electrons.